The van der Waals surface area contributed by atoms with Crippen molar-refractivity contribution >= 4 is 15.9 Å². The van der Waals surface area contributed by atoms with E-state index in [0.29, 0.717) is 0 Å². The lowest BCUT2D eigenvalue weighted by Gasteiger charge is -2.36. The molecule has 0 aromatic rings. The number of ether oxygens (including phenoxy) is 1. The second-order valence-corrected chi connectivity index (χ2v) is 5.62. The van der Waals surface area contributed by atoms with E-state index in [1.807, 2.05) is 0 Å². The number of rotatable bonds is 1. The molecule has 1 aliphatic heterocycles. The number of alkyl halides is 1. The number of hydrogen-bond acceptors (Lipinski definition) is 1. The Morgan fingerprint density at radius 1 is 1.00 bits per heavy atom. The monoisotopic (exact) mass is 246 g/mol. The van der Waals surface area contributed by atoms with Gasteiger partial charge in [-0.3, -0.25) is 0 Å². The zero-order chi connectivity index (χ0) is 9.10. The summed E-state index contributed by atoms with van der Waals surface area (Å²) in [4.78, 5) is 0.771. The molecule has 2 heteroatoms. The van der Waals surface area contributed by atoms with E-state index in [1.54, 1.807) is 0 Å². The molecule has 3 unspecified atom stereocenters. The van der Waals surface area contributed by atoms with Crippen LogP contribution in [0.5, 0.6) is 0 Å². The molecule has 2 fully saturated rings. The molecule has 2 rings (SSSR count). The highest BCUT2D eigenvalue weighted by Gasteiger charge is 2.31. The molecule has 0 N–H and O–H groups in total. The Morgan fingerprint density at radius 2 is 1.85 bits per heavy atom. The molecule has 0 bridgehead atoms. The highest BCUT2D eigenvalue weighted by molar-refractivity contribution is 9.09. The summed E-state index contributed by atoms with van der Waals surface area (Å²) in [5, 5.41) is 0. The first-order valence-corrected chi connectivity index (χ1v) is 6.51. The lowest BCUT2D eigenvalue weighted by atomic mass is 9.78. The van der Waals surface area contributed by atoms with Crippen LogP contribution in [0.25, 0.3) is 0 Å². The zero-order valence-corrected chi connectivity index (χ0v) is 9.76. The number of hydrogen-bond donors (Lipinski definition) is 0. The summed E-state index contributed by atoms with van der Waals surface area (Å²) in [6.07, 6.45) is 8.32. The molecule has 1 saturated heterocycles. The lowest BCUT2D eigenvalue weighted by Crippen LogP contribution is -2.32. The fraction of sp³-hybridized carbons (Fsp3) is 1.00. The van der Waals surface area contributed by atoms with Gasteiger partial charge in [0.2, 0.25) is 0 Å². The molecule has 0 radical (unpaired) electrons. The highest BCUT2D eigenvalue weighted by atomic mass is 79.9. The zero-order valence-electron chi connectivity index (χ0n) is 8.18. The molecule has 1 saturated carbocycles. The molecule has 76 valence electrons. The van der Waals surface area contributed by atoms with Crippen LogP contribution in [0.1, 0.15) is 38.5 Å². The Bertz CT molecular complexity index is 154. The summed E-state index contributed by atoms with van der Waals surface area (Å²) in [5.74, 6) is 1.74. The minimum Gasteiger partial charge on any atom is -0.381 e. The van der Waals surface area contributed by atoms with Crippen LogP contribution in [0.15, 0.2) is 0 Å². The van der Waals surface area contributed by atoms with Crippen molar-refractivity contribution in [2.24, 2.45) is 11.8 Å². The molecule has 2 aliphatic rings. The normalized spacial score (nSPS) is 41.8. The van der Waals surface area contributed by atoms with Crippen LogP contribution in [0.3, 0.4) is 0 Å². The summed E-state index contributed by atoms with van der Waals surface area (Å²) in [6, 6.07) is 0. The van der Waals surface area contributed by atoms with Crippen LogP contribution in [0.2, 0.25) is 0 Å². The Morgan fingerprint density at radius 3 is 2.54 bits per heavy atom. The van der Waals surface area contributed by atoms with E-state index in [4.69, 9.17) is 4.74 Å². The standard InChI is InChI=1S/C11H19BrO/c12-11-6-2-1-5-10(11)9-4-3-7-13-8-9/h9-11H,1-8H2. The smallest absolute Gasteiger partial charge is 0.0497 e. The fourth-order valence-corrected chi connectivity index (χ4v) is 3.77. The van der Waals surface area contributed by atoms with Gasteiger partial charge in [0.15, 0.2) is 0 Å². The van der Waals surface area contributed by atoms with Gasteiger partial charge >= 0.3 is 0 Å². The van der Waals surface area contributed by atoms with Gasteiger partial charge in [-0.15, -0.1) is 0 Å². The van der Waals surface area contributed by atoms with Crippen molar-refractivity contribution in [1.29, 1.82) is 0 Å². The summed E-state index contributed by atoms with van der Waals surface area (Å²) in [7, 11) is 0. The van der Waals surface area contributed by atoms with Gasteiger partial charge < -0.3 is 4.74 Å². The quantitative estimate of drug-likeness (QED) is 0.645. The van der Waals surface area contributed by atoms with Gasteiger partial charge in [0.1, 0.15) is 0 Å². The van der Waals surface area contributed by atoms with E-state index in [1.165, 1.54) is 38.5 Å². The predicted molar refractivity (Wildman–Crippen MR) is 58.2 cm³/mol. The first-order valence-electron chi connectivity index (χ1n) is 5.60. The van der Waals surface area contributed by atoms with Gasteiger partial charge in [0.05, 0.1) is 0 Å². The third kappa shape index (κ3) is 2.47. The maximum atomic E-state index is 5.56. The van der Waals surface area contributed by atoms with Crippen molar-refractivity contribution in [2.45, 2.75) is 43.4 Å². The van der Waals surface area contributed by atoms with Gasteiger partial charge in [-0.25, -0.2) is 0 Å². The Balaban J connectivity index is 1.88. The van der Waals surface area contributed by atoms with Gasteiger partial charge in [0.25, 0.3) is 0 Å². The summed E-state index contributed by atoms with van der Waals surface area (Å²) in [6.45, 7) is 2.02. The van der Waals surface area contributed by atoms with Gasteiger partial charge in [-0.05, 0) is 37.5 Å². The lowest BCUT2D eigenvalue weighted by molar-refractivity contribution is 0.0244. The van der Waals surface area contributed by atoms with Crippen LogP contribution in [0.4, 0.5) is 0 Å². The summed E-state index contributed by atoms with van der Waals surface area (Å²) >= 11 is 3.83. The van der Waals surface area contributed by atoms with Gasteiger partial charge in [-0.2, -0.15) is 0 Å². The third-order valence-electron chi connectivity index (χ3n) is 3.53. The average Bonchev–Trinajstić information content (AvgIpc) is 2.20. The van der Waals surface area contributed by atoms with Crippen molar-refractivity contribution in [2.75, 3.05) is 13.2 Å². The number of halogens is 1. The molecular weight excluding hydrogens is 228 g/mol. The van der Waals surface area contributed by atoms with Crippen LogP contribution < -0.4 is 0 Å². The summed E-state index contributed by atoms with van der Waals surface area (Å²) in [5.41, 5.74) is 0. The van der Waals surface area contributed by atoms with E-state index in [9.17, 15) is 0 Å². The third-order valence-corrected chi connectivity index (χ3v) is 4.67. The molecule has 0 spiro atoms. The van der Waals surface area contributed by atoms with Gasteiger partial charge in [0, 0.05) is 18.0 Å². The van der Waals surface area contributed by atoms with E-state index >= 15 is 0 Å². The van der Waals surface area contributed by atoms with Crippen molar-refractivity contribution in [3.05, 3.63) is 0 Å². The van der Waals surface area contributed by atoms with Crippen molar-refractivity contribution < 1.29 is 4.74 Å². The van der Waals surface area contributed by atoms with Crippen molar-refractivity contribution in [3.8, 4) is 0 Å². The molecule has 0 amide bonds. The second kappa shape index (κ2) is 4.79. The van der Waals surface area contributed by atoms with Crippen molar-refractivity contribution in [3.63, 3.8) is 0 Å². The molecule has 1 nitrogen and oxygen atoms in total. The average molecular weight is 247 g/mol. The molecule has 0 aromatic carbocycles. The second-order valence-electron chi connectivity index (χ2n) is 4.44. The fourth-order valence-electron chi connectivity index (χ4n) is 2.75. The van der Waals surface area contributed by atoms with Crippen LogP contribution in [-0.4, -0.2) is 18.0 Å². The molecule has 0 aromatic heterocycles. The van der Waals surface area contributed by atoms with E-state index in [-0.39, 0.29) is 0 Å². The SMILES string of the molecule is BrC1CCCCC1C1CCCOC1. The summed E-state index contributed by atoms with van der Waals surface area (Å²) < 4.78 is 5.56. The highest BCUT2D eigenvalue weighted by Crippen LogP contribution is 2.37. The Labute approximate surface area is 89.4 Å². The maximum Gasteiger partial charge on any atom is 0.0497 e. The predicted octanol–water partition coefficient (Wildman–Crippen LogP) is 3.37. The van der Waals surface area contributed by atoms with E-state index in [0.717, 1.165) is 29.9 Å². The minimum atomic E-state index is 0.771. The van der Waals surface area contributed by atoms with E-state index < -0.39 is 0 Å². The van der Waals surface area contributed by atoms with E-state index in [2.05, 4.69) is 15.9 Å². The topological polar surface area (TPSA) is 9.23 Å². The Hall–Kier alpha value is 0.440. The van der Waals surface area contributed by atoms with Crippen LogP contribution in [-0.2, 0) is 4.74 Å². The molecule has 1 heterocycles. The molecular formula is C11H19BrO. The molecule has 3 atom stereocenters. The largest absolute Gasteiger partial charge is 0.381 e. The van der Waals surface area contributed by atoms with Crippen LogP contribution in [0, 0.1) is 11.8 Å². The first-order chi connectivity index (χ1) is 6.38. The molecule has 1 aliphatic carbocycles. The maximum absolute atomic E-state index is 5.56. The first kappa shape index (κ1) is 9.97. The minimum absolute atomic E-state index is 0.771. The van der Waals surface area contributed by atoms with Crippen LogP contribution >= 0.6 is 15.9 Å². The Kier molecular flexibility index (Phi) is 3.67. The van der Waals surface area contributed by atoms with Crippen molar-refractivity contribution in [1.82, 2.24) is 0 Å². The van der Waals surface area contributed by atoms with Gasteiger partial charge in [-0.1, -0.05) is 28.8 Å². The molecule has 13 heavy (non-hydrogen) atoms.